The molecule has 0 amide bonds. The van der Waals surface area contributed by atoms with Gasteiger partial charge in [0.05, 0.1) is 18.1 Å². The minimum atomic E-state index is 0.255. The van der Waals surface area contributed by atoms with Crippen molar-refractivity contribution in [2.45, 2.75) is 31.2 Å². The third-order valence-corrected chi connectivity index (χ3v) is 3.73. The lowest BCUT2D eigenvalue weighted by atomic mass is 9.96. The lowest BCUT2D eigenvalue weighted by Crippen LogP contribution is -2.47. The minimum absolute atomic E-state index is 0.255. The maximum Gasteiger partial charge on any atom is 0.222 e. The monoisotopic (exact) mass is 235 g/mol. The van der Waals surface area contributed by atoms with Crippen LogP contribution in [0, 0.1) is 0 Å². The Morgan fingerprint density at radius 3 is 2.41 bits per heavy atom. The summed E-state index contributed by atoms with van der Waals surface area (Å²) < 4.78 is 0. The summed E-state index contributed by atoms with van der Waals surface area (Å²) in [7, 11) is 4.30. The van der Waals surface area contributed by atoms with Crippen molar-refractivity contribution in [2.75, 3.05) is 31.7 Å². The standard InChI is InChI=1S/C12H21N5/c1-17(2)12(5-3-4-6-12)9-16-11-14-7-10(13)8-15-11/h7-8H,3-6,9,13H2,1-2H3,(H,14,15,16). The molecule has 1 aromatic heterocycles. The first-order valence-corrected chi connectivity index (χ1v) is 6.11. The molecule has 0 aromatic carbocycles. The van der Waals surface area contributed by atoms with E-state index < -0.39 is 0 Å². The van der Waals surface area contributed by atoms with E-state index >= 15 is 0 Å². The molecule has 3 N–H and O–H groups in total. The maximum atomic E-state index is 5.56. The van der Waals surface area contributed by atoms with Gasteiger partial charge in [0.25, 0.3) is 0 Å². The third kappa shape index (κ3) is 2.66. The van der Waals surface area contributed by atoms with E-state index in [1.54, 1.807) is 12.4 Å². The van der Waals surface area contributed by atoms with Crippen LogP contribution in [0.1, 0.15) is 25.7 Å². The van der Waals surface area contributed by atoms with Gasteiger partial charge in [-0.05, 0) is 26.9 Å². The molecule has 0 spiro atoms. The molecule has 5 nitrogen and oxygen atoms in total. The number of aromatic nitrogens is 2. The summed E-state index contributed by atoms with van der Waals surface area (Å²) in [5.41, 5.74) is 6.41. The van der Waals surface area contributed by atoms with Gasteiger partial charge in [-0.2, -0.15) is 0 Å². The molecule has 2 rings (SSSR count). The van der Waals surface area contributed by atoms with Crippen LogP contribution in [0.25, 0.3) is 0 Å². The van der Waals surface area contributed by atoms with Crippen LogP contribution in [0.5, 0.6) is 0 Å². The van der Waals surface area contributed by atoms with Crippen molar-refractivity contribution >= 4 is 11.6 Å². The van der Waals surface area contributed by atoms with E-state index in [4.69, 9.17) is 5.73 Å². The second-order valence-corrected chi connectivity index (χ2v) is 5.02. The van der Waals surface area contributed by atoms with Crippen molar-refractivity contribution in [3.63, 3.8) is 0 Å². The van der Waals surface area contributed by atoms with E-state index in [0.29, 0.717) is 11.6 Å². The van der Waals surface area contributed by atoms with Crippen LogP contribution in [0.2, 0.25) is 0 Å². The van der Waals surface area contributed by atoms with Crippen LogP contribution in [-0.2, 0) is 0 Å². The Morgan fingerprint density at radius 2 is 1.88 bits per heavy atom. The van der Waals surface area contributed by atoms with Gasteiger partial charge < -0.3 is 16.0 Å². The zero-order chi connectivity index (χ0) is 12.3. The van der Waals surface area contributed by atoms with E-state index in [2.05, 4.69) is 34.3 Å². The molecule has 0 unspecified atom stereocenters. The van der Waals surface area contributed by atoms with Gasteiger partial charge >= 0.3 is 0 Å². The quantitative estimate of drug-likeness (QED) is 0.824. The van der Waals surface area contributed by atoms with Gasteiger partial charge in [0.1, 0.15) is 0 Å². The number of likely N-dealkylation sites (N-methyl/N-ethyl adjacent to an activating group) is 1. The molecule has 0 radical (unpaired) electrons. The van der Waals surface area contributed by atoms with Gasteiger partial charge in [0.2, 0.25) is 5.95 Å². The number of rotatable bonds is 4. The Morgan fingerprint density at radius 1 is 1.29 bits per heavy atom. The van der Waals surface area contributed by atoms with Gasteiger partial charge in [-0.25, -0.2) is 9.97 Å². The van der Waals surface area contributed by atoms with Crippen LogP contribution < -0.4 is 11.1 Å². The molecule has 5 heteroatoms. The van der Waals surface area contributed by atoms with E-state index in [9.17, 15) is 0 Å². The number of hydrogen-bond donors (Lipinski definition) is 2. The van der Waals surface area contributed by atoms with Crippen molar-refractivity contribution in [3.8, 4) is 0 Å². The highest BCUT2D eigenvalue weighted by Gasteiger charge is 2.35. The Balaban J connectivity index is 1.98. The highest BCUT2D eigenvalue weighted by atomic mass is 15.2. The topological polar surface area (TPSA) is 67.1 Å². The highest BCUT2D eigenvalue weighted by molar-refractivity contribution is 5.36. The number of hydrogen-bond acceptors (Lipinski definition) is 5. The largest absolute Gasteiger partial charge is 0.396 e. The minimum Gasteiger partial charge on any atom is -0.396 e. The van der Waals surface area contributed by atoms with E-state index in [1.165, 1.54) is 25.7 Å². The average molecular weight is 235 g/mol. The first-order valence-electron chi connectivity index (χ1n) is 6.11. The molecule has 1 aliphatic rings. The molecule has 17 heavy (non-hydrogen) atoms. The van der Waals surface area contributed by atoms with Gasteiger partial charge in [0, 0.05) is 12.1 Å². The Hall–Kier alpha value is -1.36. The molecule has 94 valence electrons. The van der Waals surface area contributed by atoms with Crippen molar-refractivity contribution in [1.82, 2.24) is 14.9 Å². The number of nitrogens with zero attached hydrogens (tertiary/aromatic N) is 3. The van der Waals surface area contributed by atoms with Gasteiger partial charge in [-0.1, -0.05) is 12.8 Å². The van der Waals surface area contributed by atoms with E-state index in [-0.39, 0.29) is 5.54 Å². The molecular formula is C12H21N5. The Bertz CT molecular complexity index is 354. The SMILES string of the molecule is CN(C)C1(CNc2ncc(N)cn2)CCCC1. The summed E-state index contributed by atoms with van der Waals surface area (Å²) in [6, 6.07) is 0. The Labute approximate surface area is 102 Å². The smallest absolute Gasteiger partial charge is 0.222 e. The molecular weight excluding hydrogens is 214 g/mol. The molecule has 0 aliphatic heterocycles. The van der Waals surface area contributed by atoms with E-state index in [0.717, 1.165) is 6.54 Å². The predicted octanol–water partition coefficient (Wildman–Crippen LogP) is 1.35. The maximum absolute atomic E-state index is 5.56. The molecule has 1 aliphatic carbocycles. The zero-order valence-corrected chi connectivity index (χ0v) is 10.6. The molecule has 0 atom stereocenters. The van der Waals surface area contributed by atoms with Crippen molar-refractivity contribution in [1.29, 1.82) is 0 Å². The number of nitrogen functional groups attached to an aromatic ring is 1. The van der Waals surface area contributed by atoms with Crippen LogP contribution >= 0.6 is 0 Å². The van der Waals surface area contributed by atoms with Crippen molar-refractivity contribution < 1.29 is 0 Å². The Kier molecular flexibility index (Phi) is 3.47. The van der Waals surface area contributed by atoms with Gasteiger partial charge in [-0.3, -0.25) is 0 Å². The average Bonchev–Trinajstić information content (AvgIpc) is 2.78. The first-order chi connectivity index (χ1) is 8.12. The third-order valence-electron chi connectivity index (χ3n) is 3.73. The summed E-state index contributed by atoms with van der Waals surface area (Å²) in [4.78, 5) is 10.7. The van der Waals surface area contributed by atoms with Gasteiger partial charge in [-0.15, -0.1) is 0 Å². The van der Waals surface area contributed by atoms with E-state index in [1.807, 2.05) is 0 Å². The predicted molar refractivity (Wildman–Crippen MR) is 69.8 cm³/mol. The molecule has 1 fully saturated rings. The fourth-order valence-electron chi connectivity index (χ4n) is 2.49. The molecule has 1 saturated carbocycles. The second-order valence-electron chi connectivity index (χ2n) is 5.02. The van der Waals surface area contributed by atoms with Crippen molar-refractivity contribution in [3.05, 3.63) is 12.4 Å². The normalized spacial score (nSPS) is 18.5. The summed E-state index contributed by atoms with van der Waals surface area (Å²) in [6.07, 6.45) is 8.35. The van der Waals surface area contributed by atoms with Crippen molar-refractivity contribution in [2.24, 2.45) is 0 Å². The summed E-state index contributed by atoms with van der Waals surface area (Å²) in [5.74, 6) is 0.660. The van der Waals surface area contributed by atoms with Gasteiger partial charge in [0.15, 0.2) is 0 Å². The first kappa shape index (κ1) is 12.1. The number of nitrogens with two attached hydrogens (primary N) is 1. The zero-order valence-electron chi connectivity index (χ0n) is 10.6. The summed E-state index contributed by atoms with van der Waals surface area (Å²) >= 11 is 0. The van der Waals surface area contributed by atoms with Crippen LogP contribution in [0.3, 0.4) is 0 Å². The number of nitrogens with one attached hydrogen (secondary N) is 1. The fraction of sp³-hybridized carbons (Fsp3) is 0.667. The molecule has 0 saturated heterocycles. The van der Waals surface area contributed by atoms with Crippen LogP contribution in [0.15, 0.2) is 12.4 Å². The highest BCUT2D eigenvalue weighted by Crippen LogP contribution is 2.33. The molecule has 1 heterocycles. The lowest BCUT2D eigenvalue weighted by Gasteiger charge is -2.36. The van der Waals surface area contributed by atoms with Crippen LogP contribution in [0.4, 0.5) is 11.6 Å². The molecule has 1 aromatic rings. The second kappa shape index (κ2) is 4.87. The summed E-state index contributed by atoms with van der Waals surface area (Å²) in [6.45, 7) is 0.893. The fourth-order valence-corrected chi connectivity index (χ4v) is 2.49. The lowest BCUT2D eigenvalue weighted by molar-refractivity contribution is 0.172. The van der Waals surface area contributed by atoms with Crippen LogP contribution in [-0.4, -0.2) is 41.0 Å². The molecule has 0 bridgehead atoms. The summed E-state index contributed by atoms with van der Waals surface area (Å²) in [5, 5.41) is 3.32. The number of anilines is 2.